The molecule has 70 valence electrons. The molecule has 4 nitrogen and oxygen atoms in total. The summed E-state index contributed by atoms with van der Waals surface area (Å²) >= 11 is 0. The molecule has 0 radical (unpaired) electrons. The first-order valence-electron chi connectivity index (χ1n) is 3.97. The molecule has 0 aliphatic rings. The number of hydrogen-bond acceptors (Lipinski definition) is 2. The van der Waals surface area contributed by atoms with Gasteiger partial charge >= 0.3 is 0 Å². The highest BCUT2D eigenvalue weighted by atomic mass is 16.2. The number of amides is 2. The first kappa shape index (κ1) is 10.9. The Balaban J connectivity index is 4.00. The summed E-state index contributed by atoms with van der Waals surface area (Å²) in [6.07, 6.45) is 0. The quantitative estimate of drug-likeness (QED) is 0.624. The highest BCUT2D eigenvalue weighted by molar-refractivity contribution is 5.80. The van der Waals surface area contributed by atoms with Crippen LogP contribution in [0, 0.1) is 5.92 Å². The van der Waals surface area contributed by atoms with E-state index in [4.69, 9.17) is 0 Å². The maximum atomic E-state index is 11.1. The second-order valence-electron chi connectivity index (χ2n) is 2.89. The van der Waals surface area contributed by atoms with Gasteiger partial charge in [-0.15, -0.1) is 0 Å². The van der Waals surface area contributed by atoms with Crippen LogP contribution in [0.1, 0.15) is 20.8 Å². The lowest BCUT2D eigenvalue weighted by Crippen LogP contribution is -2.42. The van der Waals surface area contributed by atoms with E-state index in [0.717, 1.165) is 0 Å². The standard InChI is InChI=1S/C8H16N2O2/c1-5(8(12)9-4)6(2)10-7(3)11/h5-6H,1-4H3,(H,9,12)(H,10,11)/t5-,6-/m0/s1. The summed E-state index contributed by atoms with van der Waals surface area (Å²) in [7, 11) is 1.58. The second-order valence-corrected chi connectivity index (χ2v) is 2.89. The average molecular weight is 172 g/mol. The van der Waals surface area contributed by atoms with E-state index in [9.17, 15) is 9.59 Å². The van der Waals surface area contributed by atoms with Crippen LogP contribution in [0.4, 0.5) is 0 Å². The maximum absolute atomic E-state index is 11.1. The van der Waals surface area contributed by atoms with Crippen molar-refractivity contribution in [3.05, 3.63) is 0 Å². The lowest BCUT2D eigenvalue weighted by molar-refractivity contribution is -0.125. The minimum Gasteiger partial charge on any atom is -0.359 e. The molecular weight excluding hydrogens is 156 g/mol. The Labute approximate surface area is 72.7 Å². The van der Waals surface area contributed by atoms with Crippen LogP contribution in [0.5, 0.6) is 0 Å². The Bertz CT molecular complexity index is 180. The summed E-state index contributed by atoms with van der Waals surface area (Å²) in [5, 5.41) is 5.19. The average Bonchev–Trinajstić information content (AvgIpc) is 2.00. The molecule has 0 unspecified atom stereocenters. The van der Waals surface area contributed by atoms with E-state index in [1.165, 1.54) is 6.92 Å². The Morgan fingerprint density at radius 1 is 1.25 bits per heavy atom. The van der Waals surface area contributed by atoms with Gasteiger partial charge < -0.3 is 10.6 Å². The smallest absolute Gasteiger partial charge is 0.224 e. The zero-order chi connectivity index (χ0) is 9.72. The molecule has 0 aliphatic heterocycles. The third-order valence-corrected chi connectivity index (χ3v) is 1.84. The van der Waals surface area contributed by atoms with Gasteiger partial charge in [-0.2, -0.15) is 0 Å². The summed E-state index contributed by atoms with van der Waals surface area (Å²) in [6, 6.07) is -0.123. The van der Waals surface area contributed by atoms with Crippen LogP contribution in [-0.2, 0) is 9.59 Å². The van der Waals surface area contributed by atoms with E-state index in [0.29, 0.717) is 0 Å². The van der Waals surface area contributed by atoms with Crippen LogP contribution in [0.3, 0.4) is 0 Å². The van der Waals surface area contributed by atoms with Crippen molar-refractivity contribution in [2.75, 3.05) is 7.05 Å². The van der Waals surface area contributed by atoms with E-state index >= 15 is 0 Å². The maximum Gasteiger partial charge on any atom is 0.224 e. The van der Waals surface area contributed by atoms with E-state index in [1.807, 2.05) is 0 Å². The highest BCUT2D eigenvalue weighted by Crippen LogP contribution is 2.01. The Kier molecular flexibility index (Phi) is 4.33. The van der Waals surface area contributed by atoms with Gasteiger partial charge in [0.2, 0.25) is 11.8 Å². The number of carbonyl (C=O) groups is 2. The molecule has 0 heterocycles. The van der Waals surface area contributed by atoms with Crippen molar-refractivity contribution in [2.45, 2.75) is 26.8 Å². The van der Waals surface area contributed by atoms with Gasteiger partial charge in [0.15, 0.2) is 0 Å². The van der Waals surface area contributed by atoms with Crippen molar-refractivity contribution in [3.8, 4) is 0 Å². The van der Waals surface area contributed by atoms with Gasteiger partial charge in [-0.05, 0) is 6.92 Å². The topological polar surface area (TPSA) is 58.2 Å². The first-order chi connectivity index (χ1) is 5.49. The molecule has 2 N–H and O–H groups in total. The number of nitrogens with one attached hydrogen (secondary N) is 2. The van der Waals surface area contributed by atoms with Crippen LogP contribution in [-0.4, -0.2) is 24.9 Å². The van der Waals surface area contributed by atoms with Gasteiger partial charge in [0.25, 0.3) is 0 Å². The van der Waals surface area contributed by atoms with Gasteiger partial charge in [0, 0.05) is 20.0 Å². The van der Waals surface area contributed by atoms with Crippen molar-refractivity contribution >= 4 is 11.8 Å². The monoisotopic (exact) mass is 172 g/mol. The fourth-order valence-corrected chi connectivity index (χ4v) is 0.900. The summed E-state index contributed by atoms with van der Waals surface area (Å²) < 4.78 is 0. The van der Waals surface area contributed by atoms with Crippen molar-refractivity contribution in [1.29, 1.82) is 0 Å². The molecule has 2 atom stereocenters. The molecule has 0 aromatic carbocycles. The minimum atomic E-state index is -0.195. The Hall–Kier alpha value is -1.06. The van der Waals surface area contributed by atoms with Gasteiger partial charge in [0.05, 0.1) is 5.92 Å². The summed E-state index contributed by atoms with van der Waals surface area (Å²) in [5.74, 6) is -0.367. The third-order valence-electron chi connectivity index (χ3n) is 1.84. The number of rotatable bonds is 3. The van der Waals surface area contributed by atoms with Crippen molar-refractivity contribution in [3.63, 3.8) is 0 Å². The summed E-state index contributed by atoms with van der Waals surface area (Å²) in [4.78, 5) is 21.7. The lowest BCUT2D eigenvalue weighted by atomic mass is 10.0. The van der Waals surface area contributed by atoms with E-state index in [2.05, 4.69) is 10.6 Å². The molecule has 0 spiro atoms. The molecule has 0 aromatic heterocycles. The van der Waals surface area contributed by atoms with E-state index < -0.39 is 0 Å². The first-order valence-corrected chi connectivity index (χ1v) is 3.97. The van der Waals surface area contributed by atoms with Crippen LogP contribution < -0.4 is 10.6 Å². The largest absolute Gasteiger partial charge is 0.359 e. The normalized spacial score (nSPS) is 14.7. The third kappa shape index (κ3) is 3.37. The van der Waals surface area contributed by atoms with Crippen LogP contribution in [0.15, 0.2) is 0 Å². The predicted molar refractivity (Wildman–Crippen MR) is 46.5 cm³/mol. The summed E-state index contributed by atoms with van der Waals surface area (Å²) in [5.41, 5.74) is 0. The van der Waals surface area contributed by atoms with Gasteiger partial charge in [0.1, 0.15) is 0 Å². The van der Waals surface area contributed by atoms with Crippen molar-refractivity contribution in [2.24, 2.45) is 5.92 Å². The molecular formula is C8H16N2O2. The molecule has 4 heteroatoms. The number of carbonyl (C=O) groups excluding carboxylic acids is 2. The zero-order valence-electron chi connectivity index (χ0n) is 7.97. The van der Waals surface area contributed by atoms with Crippen LogP contribution in [0.25, 0.3) is 0 Å². The zero-order valence-corrected chi connectivity index (χ0v) is 7.97. The van der Waals surface area contributed by atoms with Crippen LogP contribution in [0.2, 0.25) is 0 Å². The molecule has 0 aliphatic carbocycles. The fraction of sp³-hybridized carbons (Fsp3) is 0.750. The molecule has 0 bridgehead atoms. The Morgan fingerprint density at radius 2 is 1.75 bits per heavy atom. The molecule has 2 amide bonds. The van der Waals surface area contributed by atoms with Gasteiger partial charge in [-0.3, -0.25) is 9.59 Å². The van der Waals surface area contributed by atoms with Crippen molar-refractivity contribution < 1.29 is 9.59 Å². The lowest BCUT2D eigenvalue weighted by Gasteiger charge is -2.18. The highest BCUT2D eigenvalue weighted by Gasteiger charge is 2.19. The van der Waals surface area contributed by atoms with E-state index in [-0.39, 0.29) is 23.8 Å². The van der Waals surface area contributed by atoms with E-state index in [1.54, 1.807) is 20.9 Å². The molecule has 12 heavy (non-hydrogen) atoms. The molecule has 0 rings (SSSR count). The fourth-order valence-electron chi connectivity index (χ4n) is 0.900. The molecule has 0 aromatic rings. The predicted octanol–water partition coefficient (Wildman–Crippen LogP) is -0.107. The number of hydrogen-bond donors (Lipinski definition) is 2. The van der Waals surface area contributed by atoms with Gasteiger partial charge in [-0.1, -0.05) is 6.92 Å². The Morgan fingerprint density at radius 3 is 2.08 bits per heavy atom. The van der Waals surface area contributed by atoms with Crippen molar-refractivity contribution in [1.82, 2.24) is 10.6 Å². The molecule has 0 saturated carbocycles. The summed E-state index contributed by atoms with van der Waals surface area (Å²) in [6.45, 7) is 5.02. The second kappa shape index (κ2) is 4.74. The van der Waals surface area contributed by atoms with Gasteiger partial charge in [-0.25, -0.2) is 0 Å². The van der Waals surface area contributed by atoms with Crippen LogP contribution >= 0.6 is 0 Å². The SMILES string of the molecule is CNC(=O)[C@@H](C)[C@H](C)NC(C)=O. The molecule has 0 fully saturated rings. The molecule has 0 saturated heterocycles. The minimum absolute atomic E-state index is 0.0590.